The summed E-state index contributed by atoms with van der Waals surface area (Å²) in [5, 5.41) is 9.51. The molecular formula is C18H22N4. The van der Waals surface area contributed by atoms with Crippen molar-refractivity contribution in [3.8, 4) is 17.2 Å². The SMILES string of the molecule is CCCc1c(C)nc(N)c(C#N)c1-c1ccc(N(C)C)cc1. The highest BCUT2D eigenvalue weighted by Gasteiger charge is 2.17. The molecule has 0 aliphatic heterocycles. The Labute approximate surface area is 132 Å². The fraction of sp³-hybridized carbons (Fsp3) is 0.333. The van der Waals surface area contributed by atoms with E-state index in [1.807, 2.05) is 38.1 Å². The Morgan fingerprint density at radius 3 is 2.36 bits per heavy atom. The van der Waals surface area contributed by atoms with Gasteiger partial charge < -0.3 is 10.6 Å². The van der Waals surface area contributed by atoms with Crippen LogP contribution in [-0.4, -0.2) is 19.1 Å². The van der Waals surface area contributed by atoms with E-state index < -0.39 is 0 Å². The van der Waals surface area contributed by atoms with Crippen LogP contribution in [0.25, 0.3) is 11.1 Å². The minimum absolute atomic E-state index is 0.312. The van der Waals surface area contributed by atoms with Crippen LogP contribution in [0.2, 0.25) is 0 Å². The maximum atomic E-state index is 9.51. The fourth-order valence-corrected chi connectivity index (χ4v) is 2.68. The van der Waals surface area contributed by atoms with E-state index in [2.05, 4.69) is 30.1 Å². The lowest BCUT2D eigenvalue weighted by Crippen LogP contribution is -2.08. The van der Waals surface area contributed by atoms with E-state index >= 15 is 0 Å². The lowest BCUT2D eigenvalue weighted by Gasteiger charge is -2.17. The van der Waals surface area contributed by atoms with Gasteiger partial charge in [-0.05, 0) is 36.6 Å². The van der Waals surface area contributed by atoms with Crippen LogP contribution in [0.3, 0.4) is 0 Å². The van der Waals surface area contributed by atoms with Gasteiger partial charge in [0.25, 0.3) is 0 Å². The fourth-order valence-electron chi connectivity index (χ4n) is 2.68. The summed E-state index contributed by atoms with van der Waals surface area (Å²) in [7, 11) is 4.01. The predicted octanol–water partition coefficient (Wildman–Crippen LogP) is 3.53. The number of aromatic nitrogens is 1. The van der Waals surface area contributed by atoms with Crippen LogP contribution in [0.5, 0.6) is 0 Å². The molecule has 1 aromatic carbocycles. The molecule has 1 heterocycles. The summed E-state index contributed by atoms with van der Waals surface area (Å²) in [6.45, 7) is 4.08. The van der Waals surface area contributed by atoms with E-state index in [0.29, 0.717) is 11.4 Å². The van der Waals surface area contributed by atoms with Gasteiger partial charge in [-0.1, -0.05) is 25.5 Å². The topological polar surface area (TPSA) is 65.9 Å². The quantitative estimate of drug-likeness (QED) is 0.936. The second-order valence-electron chi connectivity index (χ2n) is 5.61. The Morgan fingerprint density at radius 2 is 1.86 bits per heavy atom. The van der Waals surface area contributed by atoms with Crippen molar-refractivity contribution in [3.63, 3.8) is 0 Å². The molecule has 0 spiro atoms. The van der Waals surface area contributed by atoms with E-state index in [-0.39, 0.29) is 0 Å². The van der Waals surface area contributed by atoms with E-state index in [4.69, 9.17) is 5.73 Å². The molecule has 0 fully saturated rings. The summed E-state index contributed by atoms with van der Waals surface area (Å²) in [5.74, 6) is 0.312. The Balaban J connectivity index is 2.69. The average molecular weight is 294 g/mol. The Hall–Kier alpha value is -2.54. The molecule has 0 atom stereocenters. The smallest absolute Gasteiger partial charge is 0.142 e. The van der Waals surface area contributed by atoms with Crippen molar-refractivity contribution in [2.75, 3.05) is 24.7 Å². The van der Waals surface area contributed by atoms with E-state index in [1.165, 1.54) is 0 Å². The largest absolute Gasteiger partial charge is 0.383 e. The zero-order valence-electron chi connectivity index (χ0n) is 13.6. The van der Waals surface area contributed by atoms with Crippen LogP contribution < -0.4 is 10.6 Å². The first-order valence-electron chi connectivity index (χ1n) is 7.46. The van der Waals surface area contributed by atoms with Gasteiger partial charge in [-0.2, -0.15) is 5.26 Å². The van der Waals surface area contributed by atoms with Gasteiger partial charge in [-0.15, -0.1) is 0 Å². The molecule has 0 bridgehead atoms. The molecule has 2 N–H and O–H groups in total. The van der Waals surface area contributed by atoms with Gasteiger partial charge in [0.15, 0.2) is 0 Å². The normalized spacial score (nSPS) is 10.3. The molecule has 0 aliphatic carbocycles. The number of rotatable bonds is 4. The van der Waals surface area contributed by atoms with Crippen molar-refractivity contribution in [2.24, 2.45) is 0 Å². The molecule has 1 aromatic heterocycles. The first-order valence-corrected chi connectivity index (χ1v) is 7.46. The molecule has 0 amide bonds. The highest BCUT2D eigenvalue weighted by atomic mass is 15.1. The first kappa shape index (κ1) is 15.8. The number of aryl methyl sites for hydroxylation is 1. The molecule has 2 aromatic rings. The van der Waals surface area contributed by atoms with Crippen molar-refractivity contribution in [1.29, 1.82) is 5.26 Å². The predicted molar refractivity (Wildman–Crippen MR) is 91.9 cm³/mol. The highest BCUT2D eigenvalue weighted by molar-refractivity contribution is 5.79. The van der Waals surface area contributed by atoms with E-state index in [0.717, 1.165) is 40.9 Å². The summed E-state index contributed by atoms with van der Waals surface area (Å²) in [6.07, 6.45) is 1.89. The van der Waals surface area contributed by atoms with Gasteiger partial charge in [0.05, 0.1) is 0 Å². The zero-order valence-corrected chi connectivity index (χ0v) is 13.6. The maximum absolute atomic E-state index is 9.51. The number of pyridine rings is 1. The number of nitrogen functional groups attached to an aromatic ring is 1. The highest BCUT2D eigenvalue weighted by Crippen LogP contribution is 2.33. The van der Waals surface area contributed by atoms with Crippen molar-refractivity contribution in [2.45, 2.75) is 26.7 Å². The molecule has 2 rings (SSSR count). The average Bonchev–Trinajstić information content (AvgIpc) is 2.49. The summed E-state index contributed by atoms with van der Waals surface area (Å²) in [4.78, 5) is 6.39. The van der Waals surface area contributed by atoms with E-state index in [9.17, 15) is 5.26 Å². The van der Waals surface area contributed by atoms with Crippen LogP contribution in [0.15, 0.2) is 24.3 Å². The monoisotopic (exact) mass is 294 g/mol. The third-order valence-electron chi connectivity index (χ3n) is 3.82. The third-order valence-corrected chi connectivity index (χ3v) is 3.82. The minimum atomic E-state index is 0.312. The molecule has 0 aliphatic rings. The molecule has 0 radical (unpaired) electrons. The standard InChI is InChI=1S/C18H22N4/c1-5-6-15-12(2)21-18(20)16(11-19)17(15)13-7-9-14(10-8-13)22(3)4/h7-10H,5-6H2,1-4H3,(H2,20,21). The van der Waals surface area contributed by atoms with Gasteiger partial charge in [0, 0.05) is 31.0 Å². The van der Waals surface area contributed by atoms with Crippen LogP contribution >= 0.6 is 0 Å². The molecule has 114 valence electrons. The van der Waals surface area contributed by atoms with Crippen molar-refractivity contribution in [1.82, 2.24) is 4.98 Å². The van der Waals surface area contributed by atoms with Gasteiger partial charge in [-0.25, -0.2) is 4.98 Å². The van der Waals surface area contributed by atoms with E-state index in [1.54, 1.807) is 0 Å². The molecule has 0 saturated heterocycles. The molecule has 0 saturated carbocycles. The van der Waals surface area contributed by atoms with Crippen LogP contribution in [0.1, 0.15) is 30.2 Å². The number of hydrogen-bond donors (Lipinski definition) is 1. The van der Waals surface area contributed by atoms with Crippen molar-refractivity contribution in [3.05, 3.63) is 41.1 Å². The molecule has 0 unspecified atom stereocenters. The van der Waals surface area contributed by atoms with Crippen molar-refractivity contribution >= 4 is 11.5 Å². The summed E-state index contributed by atoms with van der Waals surface area (Å²) in [6, 6.07) is 10.4. The van der Waals surface area contributed by atoms with Gasteiger partial charge >= 0.3 is 0 Å². The number of benzene rings is 1. The van der Waals surface area contributed by atoms with Gasteiger partial charge in [-0.3, -0.25) is 0 Å². The van der Waals surface area contributed by atoms with Crippen molar-refractivity contribution < 1.29 is 0 Å². The maximum Gasteiger partial charge on any atom is 0.142 e. The number of nitrogens with two attached hydrogens (primary N) is 1. The lowest BCUT2D eigenvalue weighted by molar-refractivity contribution is 0.901. The Morgan fingerprint density at radius 1 is 1.23 bits per heavy atom. The number of hydrogen-bond acceptors (Lipinski definition) is 4. The lowest BCUT2D eigenvalue weighted by atomic mass is 9.92. The second kappa shape index (κ2) is 6.48. The summed E-state index contributed by atoms with van der Waals surface area (Å²) >= 11 is 0. The van der Waals surface area contributed by atoms with Crippen LogP contribution in [0.4, 0.5) is 11.5 Å². The molecular weight excluding hydrogens is 272 g/mol. The zero-order chi connectivity index (χ0) is 16.3. The van der Waals surface area contributed by atoms with Crippen LogP contribution in [-0.2, 0) is 6.42 Å². The van der Waals surface area contributed by atoms with Crippen LogP contribution in [0, 0.1) is 18.3 Å². The van der Waals surface area contributed by atoms with Gasteiger partial charge in [0.2, 0.25) is 0 Å². The minimum Gasteiger partial charge on any atom is -0.383 e. The molecule has 22 heavy (non-hydrogen) atoms. The molecule has 4 nitrogen and oxygen atoms in total. The second-order valence-corrected chi connectivity index (χ2v) is 5.61. The third kappa shape index (κ3) is 2.89. The summed E-state index contributed by atoms with van der Waals surface area (Å²) in [5.41, 5.74) is 11.5. The number of anilines is 2. The Bertz CT molecular complexity index is 709. The molecule has 4 heteroatoms. The number of nitriles is 1. The number of nitrogens with zero attached hydrogens (tertiary/aromatic N) is 3. The Kier molecular flexibility index (Phi) is 4.67. The summed E-state index contributed by atoms with van der Waals surface area (Å²) < 4.78 is 0. The first-order chi connectivity index (χ1) is 10.5. The van der Waals surface area contributed by atoms with Gasteiger partial charge in [0.1, 0.15) is 17.5 Å².